The van der Waals surface area contributed by atoms with Gasteiger partial charge >= 0.3 is 18.6 Å². The molecule has 0 saturated heterocycles. The molecule has 1 aliphatic carbocycles. The summed E-state index contributed by atoms with van der Waals surface area (Å²) in [6, 6.07) is 6.97. The minimum absolute atomic E-state index is 0.00519. The van der Waals surface area contributed by atoms with Crippen LogP contribution in [-0.4, -0.2) is 59.4 Å². The molecule has 17 heteroatoms. The molecule has 0 radical (unpaired) electrons. The van der Waals surface area contributed by atoms with Crippen LogP contribution in [0.3, 0.4) is 0 Å². The monoisotopic (exact) mass is 760 g/mol. The average molecular weight is 762 g/mol. The van der Waals surface area contributed by atoms with Crippen molar-refractivity contribution in [2.24, 2.45) is 11.1 Å². The van der Waals surface area contributed by atoms with Gasteiger partial charge in [-0.2, -0.15) is 8.78 Å². The first-order chi connectivity index (χ1) is 23.7. The predicted molar refractivity (Wildman–Crippen MR) is 178 cm³/mol. The lowest BCUT2D eigenvalue weighted by Crippen LogP contribution is -2.16. The van der Waals surface area contributed by atoms with Gasteiger partial charge in [0.05, 0.1) is 42.4 Å². The topological polar surface area (TPSA) is 163 Å². The fourth-order valence-electron chi connectivity index (χ4n) is 5.30. The van der Waals surface area contributed by atoms with E-state index in [-0.39, 0.29) is 70.1 Å². The summed E-state index contributed by atoms with van der Waals surface area (Å²) in [6.45, 7) is -1.75. The number of hydrogen-bond acceptors (Lipinski definition) is 11. The quantitative estimate of drug-likeness (QED) is 0.113. The van der Waals surface area contributed by atoms with Gasteiger partial charge in [0, 0.05) is 44.1 Å². The average Bonchev–Trinajstić information content (AvgIpc) is 3.83. The van der Waals surface area contributed by atoms with E-state index in [1.165, 1.54) is 57.8 Å². The van der Waals surface area contributed by atoms with Crippen molar-refractivity contribution in [2.75, 3.05) is 27.4 Å². The molecule has 0 spiro atoms. The molecule has 2 N–H and O–H groups in total. The number of pyridine rings is 1. The lowest BCUT2D eigenvalue weighted by atomic mass is 10.0. The van der Waals surface area contributed by atoms with Gasteiger partial charge in [0.2, 0.25) is 10.0 Å². The summed E-state index contributed by atoms with van der Waals surface area (Å²) >= 11 is 12.7. The Morgan fingerprint density at radius 1 is 1.00 bits per heavy atom. The number of ether oxygens (including phenoxy) is 6. The molecule has 0 bridgehead atoms. The van der Waals surface area contributed by atoms with Crippen LogP contribution in [0.5, 0.6) is 23.0 Å². The second-order valence-electron chi connectivity index (χ2n) is 11.3. The van der Waals surface area contributed by atoms with Crippen LogP contribution >= 0.6 is 23.2 Å². The Morgan fingerprint density at radius 2 is 1.68 bits per heavy atom. The molecule has 3 atom stereocenters. The Balaban J connectivity index is 1.58. The van der Waals surface area contributed by atoms with Crippen molar-refractivity contribution in [2.45, 2.75) is 62.6 Å². The Hall–Kier alpha value is -3.92. The highest BCUT2D eigenvalue weighted by Gasteiger charge is 2.42. The van der Waals surface area contributed by atoms with Crippen molar-refractivity contribution in [1.29, 1.82) is 0 Å². The van der Waals surface area contributed by atoms with Crippen LogP contribution in [0.1, 0.15) is 61.3 Å². The van der Waals surface area contributed by atoms with E-state index in [1.807, 2.05) is 0 Å². The van der Waals surface area contributed by atoms with E-state index in [1.54, 1.807) is 6.07 Å². The van der Waals surface area contributed by atoms with Crippen LogP contribution < -0.4 is 24.1 Å². The molecule has 12 nitrogen and oxygen atoms in total. The molecule has 1 heterocycles. The van der Waals surface area contributed by atoms with E-state index >= 15 is 0 Å². The number of nitrogens with two attached hydrogens (primary N) is 1. The minimum Gasteiger partial charge on any atom is -0.493 e. The Bertz CT molecular complexity index is 1780. The summed E-state index contributed by atoms with van der Waals surface area (Å²) in [4.78, 5) is 27.8. The van der Waals surface area contributed by atoms with Gasteiger partial charge in [0.1, 0.15) is 6.10 Å². The van der Waals surface area contributed by atoms with E-state index in [2.05, 4.69) is 4.98 Å². The van der Waals surface area contributed by atoms with E-state index in [9.17, 15) is 26.8 Å². The number of carbonyl (C=O) groups is 2. The zero-order valence-corrected chi connectivity index (χ0v) is 29.7. The van der Waals surface area contributed by atoms with Gasteiger partial charge in [-0.15, -0.1) is 0 Å². The Labute approximate surface area is 298 Å². The van der Waals surface area contributed by atoms with Gasteiger partial charge < -0.3 is 28.4 Å². The lowest BCUT2D eigenvalue weighted by Gasteiger charge is -2.21. The number of nitrogens with zero attached hydrogens (tertiary/aromatic N) is 1. The van der Waals surface area contributed by atoms with Crippen LogP contribution in [0.15, 0.2) is 47.6 Å². The molecule has 50 heavy (non-hydrogen) atoms. The SMILES string of the molecule is COc1cc(C2CC2COc2cc([C@H](Cc3c(Cl)cncc3Cl)OC(=O)CCCCOC(C)=O)ccc2OC(F)F)c(S(N)(=O)=O)cc1OC. The summed E-state index contributed by atoms with van der Waals surface area (Å²) in [5.74, 6) is -1.39. The molecule has 0 amide bonds. The summed E-state index contributed by atoms with van der Waals surface area (Å²) in [5, 5.41) is 5.95. The number of halogens is 4. The summed E-state index contributed by atoms with van der Waals surface area (Å²) < 4.78 is 83.7. The maximum absolute atomic E-state index is 13.4. The fraction of sp³-hybridized carbons (Fsp3) is 0.424. The fourth-order valence-corrected chi connectivity index (χ4v) is 6.63. The summed E-state index contributed by atoms with van der Waals surface area (Å²) in [7, 11) is -1.36. The molecular formula is C33H36Cl2F2N2O10S. The molecule has 1 saturated carbocycles. The van der Waals surface area contributed by atoms with Gasteiger partial charge in [0.15, 0.2) is 23.0 Å². The first-order valence-electron chi connectivity index (χ1n) is 15.3. The highest BCUT2D eigenvalue weighted by atomic mass is 35.5. The van der Waals surface area contributed by atoms with Crippen molar-refractivity contribution in [3.8, 4) is 23.0 Å². The molecule has 2 unspecified atom stereocenters. The molecule has 2 aromatic carbocycles. The lowest BCUT2D eigenvalue weighted by molar-refractivity contribution is -0.149. The second-order valence-corrected chi connectivity index (χ2v) is 13.7. The summed E-state index contributed by atoms with van der Waals surface area (Å²) in [5.41, 5.74) is 1.21. The van der Waals surface area contributed by atoms with Crippen molar-refractivity contribution in [3.63, 3.8) is 0 Å². The maximum atomic E-state index is 13.4. The number of rotatable bonds is 18. The van der Waals surface area contributed by atoms with Gasteiger partial charge in [-0.3, -0.25) is 14.6 Å². The highest BCUT2D eigenvalue weighted by Crippen LogP contribution is 2.52. The second kappa shape index (κ2) is 17.3. The predicted octanol–water partition coefficient (Wildman–Crippen LogP) is 6.40. The molecule has 0 aliphatic heterocycles. The third kappa shape index (κ3) is 10.5. The van der Waals surface area contributed by atoms with Crippen LogP contribution in [0.4, 0.5) is 8.78 Å². The van der Waals surface area contributed by atoms with Crippen LogP contribution in [0.25, 0.3) is 0 Å². The highest BCUT2D eigenvalue weighted by molar-refractivity contribution is 7.89. The standard InChI is InChI=1S/C33H36Cl2F2N2O10S/c1-18(40)46-9-5-4-6-32(41)48-27(13-23-24(34)15-39-16-25(23)35)19-7-8-26(49-33(36)37)30(11-19)47-17-20-10-21(20)22-12-28(44-2)29(45-3)14-31(22)50(38,42)43/h7-8,11-12,14-16,20-21,27,33H,4-6,9-10,13,17H2,1-3H3,(H2,38,42,43)/t20?,21?,27-/m0/s1. The van der Waals surface area contributed by atoms with Crippen molar-refractivity contribution in [1.82, 2.24) is 4.98 Å². The van der Waals surface area contributed by atoms with E-state index in [0.29, 0.717) is 41.7 Å². The van der Waals surface area contributed by atoms with E-state index in [4.69, 9.17) is 56.8 Å². The van der Waals surface area contributed by atoms with Gasteiger partial charge in [-0.05, 0) is 60.1 Å². The molecule has 3 aromatic rings. The van der Waals surface area contributed by atoms with Crippen LogP contribution in [0, 0.1) is 5.92 Å². The third-order valence-electron chi connectivity index (χ3n) is 7.85. The number of hydrogen-bond donors (Lipinski definition) is 1. The summed E-state index contributed by atoms with van der Waals surface area (Å²) in [6.07, 6.45) is 3.10. The number of esters is 2. The molecule has 1 aliphatic rings. The van der Waals surface area contributed by atoms with E-state index in [0.717, 1.165) is 0 Å². The molecule has 1 aromatic heterocycles. The minimum atomic E-state index is -4.14. The zero-order chi connectivity index (χ0) is 36.6. The zero-order valence-electron chi connectivity index (χ0n) is 27.3. The van der Waals surface area contributed by atoms with Crippen molar-refractivity contribution >= 4 is 45.2 Å². The van der Waals surface area contributed by atoms with Gasteiger partial charge in [-0.25, -0.2) is 13.6 Å². The van der Waals surface area contributed by atoms with E-state index < -0.39 is 34.7 Å². The number of aromatic nitrogens is 1. The van der Waals surface area contributed by atoms with Crippen molar-refractivity contribution < 1.29 is 55.2 Å². The third-order valence-corrected chi connectivity index (χ3v) is 9.47. The van der Waals surface area contributed by atoms with Gasteiger partial charge in [-0.1, -0.05) is 29.3 Å². The van der Waals surface area contributed by atoms with Crippen LogP contribution in [-0.2, 0) is 35.5 Å². The number of sulfonamides is 1. The number of methoxy groups -OCH3 is 2. The molecule has 4 rings (SSSR count). The number of primary sulfonamides is 1. The number of unbranched alkanes of at least 4 members (excludes halogenated alkanes) is 1. The largest absolute Gasteiger partial charge is 0.493 e. The van der Waals surface area contributed by atoms with Crippen molar-refractivity contribution in [3.05, 3.63) is 69.5 Å². The Kier molecular flexibility index (Phi) is 13.5. The molecule has 1 fully saturated rings. The molecular weight excluding hydrogens is 725 g/mol. The first-order valence-corrected chi connectivity index (χ1v) is 17.6. The van der Waals surface area contributed by atoms with Crippen LogP contribution in [0.2, 0.25) is 10.0 Å². The maximum Gasteiger partial charge on any atom is 0.387 e. The number of alkyl halides is 2. The Morgan fingerprint density at radius 3 is 2.30 bits per heavy atom. The first kappa shape index (κ1) is 38.9. The number of benzene rings is 2. The number of carbonyl (C=O) groups excluding carboxylic acids is 2. The van der Waals surface area contributed by atoms with Gasteiger partial charge in [0.25, 0.3) is 0 Å². The normalized spacial score (nSPS) is 16.0. The smallest absolute Gasteiger partial charge is 0.387 e. The molecule has 272 valence electrons.